The van der Waals surface area contributed by atoms with Crippen LogP contribution in [-0.4, -0.2) is 76.0 Å². The molecule has 1 aromatic heterocycles. The second kappa shape index (κ2) is 10.9. The molecule has 1 amide bonds. The summed E-state index contributed by atoms with van der Waals surface area (Å²) in [5, 5.41) is 12.0. The number of piperidine rings is 1. The van der Waals surface area contributed by atoms with Crippen LogP contribution in [0.4, 0.5) is 0 Å². The van der Waals surface area contributed by atoms with Gasteiger partial charge in [-0.05, 0) is 64.5 Å². The third-order valence-corrected chi connectivity index (χ3v) is 6.89. The summed E-state index contributed by atoms with van der Waals surface area (Å²) in [4.78, 5) is 17.6. The Bertz CT molecular complexity index is 647. The molecule has 0 aromatic carbocycles. The summed E-state index contributed by atoms with van der Waals surface area (Å²) in [5.41, 5.74) is 1.48. The summed E-state index contributed by atoms with van der Waals surface area (Å²) in [6.07, 6.45) is 7.44. The van der Waals surface area contributed by atoms with Crippen LogP contribution in [0.3, 0.4) is 0 Å². The number of piperazine rings is 1. The first-order valence-corrected chi connectivity index (χ1v) is 10.8. The molecule has 7 nitrogen and oxygen atoms in total. The molecule has 9 heteroatoms. The largest absolute Gasteiger partial charge is 0.335 e. The van der Waals surface area contributed by atoms with Gasteiger partial charge in [-0.1, -0.05) is 12.1 Å². The Morgan fingerprint density at radius 1 is 0.931 bits per heavy atom. The minimum Gasteiger partial charge on any atom is -0.335 e. The Hall–Kier alpha value is -0.890. The third kappa shape index (κ3) is 5.43. The smallest absolute Gasteiger partial charge is 0.276 e. The molecule has 166 valence electrons. The van der Waals surface area contributed by atoms with E-state index in [0.717, 1.165) is 69.8 Å². The number of hydrogen-bond acceptors (Lipinski definition) is 5. The van der Waals surface area contributed by atoms with Crippen LogP contribution < -0.4 is 5.32 Å². The van der Waals surface area contributed by atoms with Gasteiger partial charge in [0.1, 0.15) is 0 Å². The molecule has 29 heavy (non-hydrogen) atoms. The van der Waals surface area contributed by atoms with Crippen LogP contribution in [0.25, 0.3) is 0 Å². The van der Waals surface area contributed by atoms with E-state index in [0.29, 0.717) is 11.7 Å². The van der Waals surface area contributed by atoms with Crippen LogP contribution >= 0.6 is 24.8 Å². The first kappa shape index (κ1) is 24.4. The molecule has 4 rings (SSSR count). The standard InChI is InChI=1S/C20H34N6O.2ClH/c1-15-3-5-17(6-4-15)24-11-13-25(14-12-24)20(27)19-16(2)26(23-22-19)18-7-9-21-10-8-18;;/h15,17-18,21H,3-14H2,1-2H3;2*1H. The van der Waals surface area contributed by atoms with E-state index in [4.69, 9.17) is 0 Å². The van der Waals surface area contributed by atoms with Crippen molar-refractivity contribution >= 4 is 30.7 Å². The van der Waals surface area contributed by atoms with Crippen molar-refractivity contribution in [2.45, 2.75) is 64.5 Å². The molecule has 0 bridgehead atoms. The molecule has 2 aliphatic heterocycles. The van der Waals surface area contributed by atoms with Gasteiger partial charge >= 0.3 is 0 Å². The zero-order valence-electron chi connectivity index (χ0n) is 17.7. The second-order valence-corrected chi connectivity index (χ2v) is 8.69. The van der Waals surface area contributed by atoms with Gasteiger partial charge in [0.15, 0.2) is 5.69 Å². The van der Waals surface area contributed by atoms with Crippen molar-refractivity contribution in [3.63, 3.8) is 0 Å². The maximum Gasteiger partial charge on any atom is 0.276 e. The van der Waals surface area contributed by atoms with Crippen molar-refractivity contribution in [1.82, 2.24) is 30.1 Å². The van der Waals surface area contributed by atoms with Gasteiger partial charge in [-0.2, -0.15) is 0 Å². The molecule has 0 radical (unpaired) electrons. The number of halogens is 2. The minimum atomic E-state index is 0. The van der Waals surface area contributed by atoms with Gasteiger partial charge in [-0.3, -0.25) is 9.69 Å². The molecular formula is C20H36Cl2N6O. The Morgan fingerprint density at radius 3 is 2.17 bits per heavy atom. The zero-order chi connectivity index (χ0) is 18.8. The van der Waals surface area contributed by atoms with Crippen molar-refractivity contribution in [1.29, 1.82) is 0 Å². The topological polar surface area (TPSA) is 66.3 Å². The normalized spacial score (nSPS) is 26.5. The summed E-state index contributed by atoms with van der Waals surface area (Å²) in [6, 6.07) is 1.09. The van der Waals surface area contributed by atoms with Crippen molar-refractivity contribution < 1.29 is 4.79 Å². The lowest BCUT2D eigenvalue weighted by Crippen LogP contribution is -2.52. The average molecular weight is 447 g/mol. The predicted molar refractivity (Wildman–Crippen MR) is 119 cm³/mol. The quantitative estimate of drug-likeness (QED) is 0.772. The van der Waals surface area contributed by atoms with Crippen LogP contribution in [0.5, 0.6) is 0 Å². The highest BCUT2D eigenvalue weighted by molar-refractivity contribution is 5.93. The summed E-state index contributed by atoms with van der Waals surface area (Å²) in [5.74, 6) is 0.944. The van der Waals surface area contributed by atoms with Crippen molar-refractivity contribution in [2.24, 2.45) is 5.92 Å². The van der Waals surface area contributed by atoms with Gasteiger partial charge in [0.25, 0.3) is 5.91 Å². The van der Waals surface area contributed by atoms with E-state index in [1.807, 2.05) is 16.5 Å². The van der Waals surface area contributed by atoms with E-state index >= 15 is 0 Å². The maximum atomic E-state index is 13.0. The molecule has 1 N–H and O–H groups in total. The summed E-state index contributed by atoms with van der Waals surface area (Å²) in [6.45, 7) is 9.98. The predicted octanol–water partition coefficient (Wildman–Crippen LogP) is 2.69. The summed E-state index contributed by atoms with van der Waals surface area (Å²) >= 11 is 0. The average Bonchev–Trinajstić information content (AvgIpc) is 3.10. The molecule has 3 aliphatic rings. The number of nitrogens with zero attached hydrogens (tertiary/aromatic N) is 5. The van der Waals surface area contributed by atoms with Crippen molar-refractivity contribution in [2.75, 3.05) is 39.3 Å². The van der Waals surface area contributed by atoms with E-state index in [1.54, 1.807) is 0 Å². The number of nitrogens with one attached hydrogen (secondary N) is 1. The van der Waals surface area contributed by atoms with Crippen LogP contribution in [0.2, 0.25) is 0 Å². The Kier molecular flexibility index (Phi) is 9.19. The molecular weight excluding hydrogens is 411 g/mol. The van der Waals surface area contributed by atoms with Gasteiger partial charge in [0.2, 0.25) is 0 Å². The van der Waals surface area contributed by atoms with Crippen LogP contribution in [0.15, 0.2) is 0 Å². The van der Waals surface area contributed by atoms with Gasteiger partial charge in [-0.15, -0.1) is 29.9 Å². The van der Waals surface area contributed by atoms with Crippen molar-refractivity contribution in [3.05, 3.63) is 11.4 Å². The van der Waals surface area contributed by atoms with E-state index in [1.165, 1.54) is 25.7 Å². The van der Waals surface area contributed by atoms with Crippen LogP contribution in [-0.2, 0) is 0 Å². The number of aromatic nitrogens is 3. The fourth-order valence-corrected chi connectivity index (χ4v) is 4.98. The molecule has 0 spiro atoms. The van der Waals surface area contributed by atoms with Gasteiger partial charge in [0.05, 0.1) is 11.7 Å². The van der Waals surface area contributed by atoms with Crippen LogP contribution in [0.1, 0.15) is 67.7 Å². The van der Waals surface area contributed by atoms with E-state index in [9.17, 15) is 4.79 Å². The van der Waals surface area contributed by atoms with Gasteiger partial charge < -0.3 is 10.2 Å². The monoisotopic (exact) mass is 446 g/mol. The molecule has 1 aromatic rings. The Labute approximate surface area is 186 Å². The minimum absolute atomic E-state index is 0. The first-order valence-electron chi connectivity index (χ1n) is 10.8. The number of carbonyl (C=O) groups is 1. The molecule has 1 saturated carbocycles. The Morgan fingerprint density at radius 2 is 1.55 bits per heavy atom. The lowest BCUT2D eigenvalue weighted by molar-refractivity contribution is 0.0496. The highest BCUT2D eigenvalue weighted by atomic mass is 35.5. The third-order valence-electron chi connectivity index (χ3n) is 6.89. The van der Waals surface area contributed by atoms with Gasteiger partial charge in [-0.25, -0.2) is 4.68 Å². The molecule has 0 unspecified atom stereocenters. The van der Waals surface area contributed by atoms with Crippen molar-refractivity contribution in [3.8, 4) is 0 Å². The molecule has 0 atom stereocenters. The molecule has 3 fully saturated rings. The zero-order valence-corrected chi connectivity index (χ0v) is 19.3. The first-order chi connectivity index (χ1) is 13.1. The number of amides is 1. The fraction of sp³-hybridized carbons (Fsp3) is 0.850. The van der Waals surface area contributed by atoms with E-state index in [2.05, 4.69) is 27.5 Å². The Balaban J connectivity index is 0.00000150. The highest BCUT2D eigenvalue weighted by Crippen LogP contribution is 2.28. The number of hydrogen-bond donors (Lipinski definition) is 1. The highest BCUT2D eigenvalue weighted by Gasteiger charge is 2.31. The molecule has 2 saturated heterocycles. The maximum absolute atomic E-state index is 13.0. The lowest BCUT2D eigenvalue weighted by atomic mass is 9.86. The summed E-state index contributed by atoms with van der Waals surface area (Å²) < 4.78 is 1.98. The molecule has 1 aliphatic carbocycles. The van der Waals surface area contributed by atoms with E-state index < -0.39 is 0 Å². The lowest BCUT2D eigenvalue weighted by Gasteiger charge is -2.41. The van der Waals surface area contributed by atoms with Gasteiger partial charge in [0, 0.05) is 32.2 Å². The van der Waals surface area contributed by atoms with E-state index in [-0.39, 0.29) is 30.7 Å². The summed E-state index contributed by atoms with van der Waals surface area (Å²) in [7, 11) is 0. The second-order valence-electron chi connectivity index (χ2n) is 8.69. The number of carbonyl (C=O) groups excluding carboxylic acids is 1. The number of rotatable bonds is 3. The van der Waals surface area contributed by atoms with Crippen LogP contribution in [0, 0.1) is 12.8 Å². The molecule has 3 heterocycles. The SMILES string of the molecule is Cc1c(C(=O)N2CCN(C3CCC(C)CC3)CC2)nnn1C1CCNCC1.Cl.Cl. The fourth-order valence-electron chi connectivity index (χ4n) is 4.98.